The molecule has 0 aliphatic carbocycles. The van der Waals surface area contributed by atoms with Gasteiger partial charge in [0.1, 0.15) is 5.82 Å². The van der Waals surface area contributed by atoms with Crippen molar-refractivity contribution in [1.82, 2.24) is 20.3 Å². The number of aromatic amines is 1. The Labute approximate surface area is 121 Å². The van der Waals surface area contributed by atoms with Crippen LogP contribution in [0.15, 0.2) is 28.7 Å². The zero-order chi connectivity index (χ0) is 15.0. The van der Waals surface area contributed by atoms with E-state index in [0.717, 1.165) is 11.0 Å². The third-order valence-corrected chi connectivity index (χ3v) is 3.28. The first-order valence-electron chi connectivity index (χ1n) is 6.74. The van der Waals surface area contributed by atoms with E-state index >= 15 is 0 Å². The number of oxazole rings is 1. The number of amides is 1. The molecule has 0 aliphatic heterocycles. The maximum Gasteiger partial charge on any atom is 0.289 e. The highest BCUT2D eigenvalue weighted by molar-refractivity contribution is 5.92. The fourth-order valence-electron chi connectivity index (χ4n) is 2.25. The van der Waals surface area contributed by atoms with Crippen molar-refractivity contribution in [2.45, 2.75) is 26.8 Å². The number of para-hydroxylation sites is 2. The summed E-state index contributed by atoms with van der Waals surface area (Å²) in [5.74, 6) is 1.14. The number of nitrogens with zero attached hydrogens (tertiary/aromatic N) is 2. The van der Waals surface area contributed by atoms with Gasteiger partial charge in [0.25, 0.3) is 5.91 Å². The Hall–Kier alpha value is -2.63. The van der Waals surface area contributed by atoms with Gasteiger partial charge in [-0.15, -0.1) is 0 Å². The van der Waals surface area contributed by atoms with Gasteiger partial charge in [-0.2, -0.15) is 0 Å². The van der Waals surface area contributed by atoms with Gasteiger partial charge in [-0.25, -0.2) is 9.97 Å². The summed E-state index contributed by atoms with van der Waals surface area (Å²) in [6.07, 6.45) is 0. The van der Waals surface area contributed by atoms with Crippen molar-refractivity contribution < 1.29 is 9.21 Å². The summed E-state index contributed by atoms with van der Waals surface area (Å²) in [6, 6.07) is 7.48. The molecule has 6 heteroatoms. The van der Waals surface area contributed by atoms with E-state index < -0.39 is 0 Å². The topological polar surface area (TPSA) is 83.8 Å². The summed E-state index contributed by atoms with van der Waals surface area (Å²) >= 11 is 0. The van der Waals surface area contributed by atoms with E-state index in [4.69, 9.17) is 4.42 Å². The predicted molar refractivity (Wildman–Crippen MR) is 78.0 cm³/mol. The molecule has 1 aromatic carbocycles. The number of fused-ring (bicyclic) bond motifs is 1. The Bertz CT molecular complexity index is 770. The second-order valence-corrected chi connectivity index (χ2v) is 4.98. The molecular weight excluding hydrogens is 268 g/mol. The third kappa shape index (κ3) is 2.52. The fraction of sp³-hybridized carbons (Fsp3) is 0.267. The van der Waals surface area contributed by atoms with Crippen LogP contribution in [0.25, 0.3) is 11.0 Å². The molecule has 0 saturated heterocycles. The zero-order valence-corrected chi connectivity index (χ0v) is 12.1. The summed E-state index contributed by atoms with van der Waals surface area (Å²) in [5.41, 5.74) is 2.40. The molecule has 2 heterocycles. The number of hydrogen-bond donors (Lipinski definition) is 2. The Morgan fingerprint density at radius 3 is 2.71 bits per heavy atom. The molecule has 0 radical (unpaired) electrons. The van der Waals surface area contributed by atoms with E-state index in [9.17, 15) is 4.79 Å². The molecule has 0 spiro atoms. The van der Waals surface area contributed by atoms with Crippen LogP contribution in [-0.4, -0.2) is 20.9 Å². The predicted octanol–water partition coefficient (Wildman–Crippen LogP) is 2.66. The molecule has 0 saturated carbocycles. The number of imidazole rings is 1. The van der Waals surface area contributed by atoms with E-state index in [1.807, 2.05) is 31.2 Å². The normalized spacial score (nSPS) is 12.5. The zero-order valence-electron chi connectivity index (χ0n) is 12.1. The largest absolute Gasteiger partial charge is 0.436 e. The average Bonchev–Trinajstić information content (AvgIpc) is 3.01. The van der Waals surface area contributed by atoms with Crippen molar-refractivity contribution in [3.05, 3.63) is 47.4 Å². The maximum atomic E-state index is 12.2. The summed E-state index contributed by atoms with van der Waals surface area (Å²) < 4.78 is 5.32. The molecule has 1 atom stereocenters. The molecule has 0 fully saturated rings. The van der Waals surface area contributed by atoms with E-state index in [-0.39, 0.29) is 17.7 Å². The first kappa shape index (κ1) is 13.4. The minimum Gasteiger partial charge on any atom is -0.436 e. The Morgan fingerprint density at radius 2 is 2.05 bits per heavy atom. The molecule has 3 rings (SSSR count). The molecular formula is C15H16N4O2. The number of aryl methyl sites for hydroxylation is 2. The lowest BCUT2D eigenvalue weighted by Gasteiger charge is -2.10. The van der Waals surface area contributed by atoms with Crippen LogP contribution in [0.4, 0.5) is 0 Å². The highest BCUT2D eigenvalue weighted by atomic mass is 16.4. The van der Waals surface area contributed by atoms with Crippen LogP contribution >= 0.6 is 0 Å². The number of benzene rings is 1. The molecule has 2 aromatic heterocycles. The number of carbonyl (C=O) groups excluding carboxylic acids is 1. The fourth-order valence-corrected chi connectivity index (χ4v) is 2.25. The monoisotopic (exact) mass is 284 g/mol. The van der Waals surface area contributed by atoms with Gasteiger partial charge in [-0.05, 0) is 26.0 Å². The van der Waals surface area contributed by atoms with Gasteiger partial charge in [0.05, 0.1) is 22.8 Å². The molecule has 108 valence electrons. The Kier molecular flexibility index (Phi) is 3.21. The van der Waals surface area contributed by atoms with Crippen LogP contribution < -0.4 is 5.32 Å². The van der Waals surface area contributed by atoms with Crippen molar-refractivity contribution in [3.63, 3.8) is 0 Å². The van der Waals surface area contributed by atoms with Crippen LogP contribution in [0.2, 0.25) is 0 Å². The molecule has 0 aliphatic rings. The summed E-state index contributed by atoms with van der Waals surface area (Å²) in [5, 5.41) is 2.86. The molecule has 6 nitrogen and oxygen atoms in total. The number of hydrogen-bond acceptors (Lipinski definition) is 4. The van der Waals surface area contributed by atoms with Crippen molar-refractivity contribution in [2.75, 3.05) is 0 Å². The summed E-state index contributed by atoms with van der Waals surface area (Å²) in [6.45, 7) is 5.33. The van der Waals surface area contributed by atoms with Crippen LogP contribution in [0.1, 0.15) is 40.9 Å². The number of rotatable bonds is 3. The third-order valence-electron chi connectivity index (χ3n) is 3.28. The first-order chi connectivity index (χ1) is 10.0. The molecule has 1 amide bonds. The molecule has 3 aromatic rings. The van der Waals surface area contributed by atoms with Gasteiger partial charge in [-0.1, -0.05) is 12.1 Å². The van der Waals surface area contributed by atoms with Gasteiger partial charge < -0.3 is 14.7 Å². The SMILES string of the molecule is Cc1nc(C)c(C(=O)NC(C)c2nc3ccccc3[nH]2)o1. The Morgan fingerprint density at radius 1 is 1.29 bits per heavy atom. The minimum absolute atomic E-state index is 0.246. The molecule has 21 heavy (non-hydrogen) atoms. The highest BCUT2D eigenvalue weighted by Gasteiger charge is 2.20. The number of carbonyl (C=O) groups is 1. The maximum absolute atomic E-state index is 12.2. The standard InChI is InChI=1S/C15H16N4O2/c1-8-13(21-10(3)16-8)15(20)17-9(2)14-18-11-6-4-5-7-12(11)19-14/h4-7,9H,1-3H3,(H,17,20)(H,18,19). The van der Waals surface area contributed by atoms with Gasteiger partial charge in [0.2, 0.25) is 5.76 Å². The van der Waals surface area contributed by atoms with Gasteiger partial charge in [0.15, 0.2) is 5.89 Å². The van der Waals surface area contributed by atoms with E-state index in [0.29, 0.717) is 17.4 Å². The molecule has 1 unspecified atom stereocenters. The molecule has 0 bridgehead atoms. The van der Waals surface area contributed by atoms with E-state index in [2.05, 4.69) is 20.3 Å². The molecule has 2 N–H and O–H groups in total. The lowest BCUT2D eigenvalue weighted by Crippen LogP contribution is -2.27. The minimum atomic E-state index is -0.291. The lowest BCUT2D eigenvalue weighted by molar-refractivity contribution is 0.0908. The second kappa shape index (κ2) is 5.05. The summed E-state index contributed by atoms with van der Waals surface area (Å²) in [7, 11) is 0. The van der Waals surface area contributed by atoms with Gasteiger partial charge in [-0.3, -0.25) is 4.79 Å². The number of aromatic nitrogens is 3. The van der Waals surface area contributed by atoms with Crippen molar-refractivity contribution >= 4 is 16.9 Å². The number of nitrogens with one attached hydrogen (secondary N) is 2. The quantitative estimate of drug-likeness (QED) is 0.774. The van der Waals surface area contributed by atoms with Crippen LogP contribution in [-0.2, 0) is 0 Å². The van der Waals surface area contributed by atoms with Crippen LogP contribution in [0.3, 0.4) is 0 Å². The van der Waals surface area contributed by atoms with Crippen LogP contribution in [0.5, 0.6) is 0 Å². The van der Waals surface area contributed by atoms with Crippen molar-refractivity contribution in [1.29, 1.82) is 0 Å². The Balaban J connectivity index is 1.81. The lowest BCUT2D eigenvalue weighted by atomic mass is 10.3. The second-order valence-electron chi connectivity index (χ2n) is 4.98. The highest BCUT2D eigenvalue weighted by Crippen LogP contribution is 2.17. The summed E-state index contributed by atoms with van der Waals surface area (Å²) in [4.78, 5) is 24.0. The van der Waals surface area contributed by atoms with Crippen LogP contribution in [0, 0.1) is 13.8 Å². The number of H-pyrrole nitrogens is 1. The average molecular weight is 284 g/mol. The van der Waals surface area contributed by atoms with Gasteiger partial charge in [0, 0.05) is 6.92 Å². The first-order valence-corrected chi connectivity index (χ1v) is 6.74. The van der Waals surface area contributed by atoms with Gasteiger partial charge >= 0.3 is 0 Å². The smallest absolute Gasteiger partial charge is 0.289 e. The van der Waals surface area contributed by atoms with E-state index in [1.54, 1.807) is 13.8 Å². The van der Waals surface area contributed by atoms with Crippen molar-refractivity contribution in [3.8, 4) is 0 Å². The van der Waals surface area contributed by atoms with E-state index in [1.165, 1.54) is 0 Å². The van der Waals surface area contributed by atoms with Crippen molar-refractivity contribution in [2.24, 2.45) is 0 Å².